The van der Waals surface area contributed by atoms with Crippen LogP contribution >= 0.6 is 0 Å². The smallest absolute Gasteiger partial charge is 0.321 e. The zero-order valence-corrected chi connectivity index (χ0v) is 14.5. The summed E-state index contributed by atoms with van der Waals surface area (Å²) in [5.74, 6) is 1.23. The minimum atomic E-state index is -0.291. The molecule has 24 heavy (non-hydrogen) atoms. The number of anilines is 1. The third-order valence-electron chi connectivity index (χ3n) is 5.25. The molecule has 2 heterocycles. The number of benzene rings is 1. The lowest BCUT2D eigenvalue weighted by molar-refractivity contribution is 0.125. The van der Waals surface area contributed by atoms with Gasteiger partial charge in [0.05, 0.1) is 0 Å². The molecule has 0 spiro atoms. The summed E-state index contributed by atoms with van der Waals surface area (Å²) in [5, 5.41) is 2.85. The highest BCUT2D eigenvalue weighted by Crippen LogP contribution is 2.23. The summed E-state index contributed by atoms with van der Waals surface area (Å²) in [6.07, 6.45) is 4.82. The summed E-state index contributed by atoms with van der Waals surface area (Å²) in [6.45, 7) is 7.59. The molecule has 0 radical (unpaired) electrons. The number of rotatable bonds is 3. The molecule has 0 aliphatic carbocycles. The average molecular weight is 333 g/mol. The fourth-order valence-electron chi connectivity index (χ4n) is 3.87. The van der Waals surface area contributed by atoms with E-state index in [4.69, 9.17) is 0 Å². The van der Waals surface area contributed by atoms with Gasteiger partial charge in [-0.25, -0.2) is 9.18 Å². The van der Waals surface area contributed by atoms with Crippen molar-refractivity contribution in [2.75, 3.05) is 38.0 Å². The SMILES string of the molecule is C[C@H]1CCCN(CC2CCN(C(=O)Nc3ccc(F)cc3)CC2)C1. The van der Waals surface area contributed by atoms with Crippen LogP contribution in [-0.2, 0) is 0 Å². The van der Waals surface area contributed by atoms with E-state index in [0.717, 1.165) is 31.8 Å². The molecule has 1 aromatic rings. The minimum absolute atomic E-state index is 0.0772. The van der Waals surface area contributed by atoms with E-state index in [1.54, 1.807) is 12.1 Å². The van der Waals surface area contributed by atoms with E-state index in [1.165, 1.54) is 44.6 Å². The van der Waals surface area contributed by atoms with Gasteiger partial charge >= 0.3 is 6.03 Å². The molecular weight excluding hydrogens is 305 g/mol. The molecule has 1 N–H and O–H groups in total. The lowest BCUT2D eigenvalue weighted by atomic mass is 9.94. The summed E-state index contributed by atoms with van der Waals surface area (Å²) in [6, 6.07) is 5.84. The van der Waals surface area contributed by atoms with E-state index in [9.17, 15) is 9.18 Å². The molecule has 0 bridgehead atoms. The highest BCUT2D eigenvalue weighted by atomic mass is 19.1. The maximum atomic E-state index is 12.9. The summed E-state index contributed by atoms with van der Waals surface area (Å²) >= 11 is 0. The molecule has 2 amide bonds. The number of likely N-dealkylation sites (tertiary alicyclic amines) is 2. The third-order valence-corrected chi connectivity index (χ3v) is 5.25. The van der Waals surface area contributed by atoms with Crippen LogP contribution in [0.5, 0.6) is 0 Å². The molecule has 5 heteroatoms. The fourth-order valence-corrected chi connectivity index (χ4v) is 3.87. The van der Waals surface area contributed by atoms with Gasteiger partial charge in [-0.3, -0.25) is 0 Å². The van der Waals surface area contributed by atoms with Gasteiger partial charge < -0.3 is 15.1 Å². The Kier molecular flexibility index (Phi) is 5.72. The lowest BCUT2D eigenvalue weighted by Crippen LogP contribution is -2.44. The van der Waals surface area contributed by atoms with E-state index in [-0.39, 0.29) is 11.8 Å². The number of carbonyl (C=O) groups excluding carboxylic acids is 1. The number of piperidine rings is 2. The first-order valence-electron chi connectivity index (χ1n) is 9.14. The van der Waals surface area contributed by atoms with E-state index < -0.39 is 0 Å². The molecule has 3 rings (SSSR count). The second kappa shape index (κ2) is 7.97. The number of hydrogen-bond donors (Lipinski definition) is 1. The van der Waals surface area contributed by atoms with Crippen molar-refractivity contribution in [1.82, 2.24) is 9.80 Å². The van der Waals surface area contributed by atoms with Crippen LogP contribution in [0.4, 0.5) is 14.9 Å². The number of hydrogen-bond acceptors (Lipinski definition) is 2. The van der Waals surface area contributed by atoms with Gasteiger partial charge in [0.15, 0.2) is 0 Å². The molecule has 0 saturated carbocycles. The summed E-state index contributed by atoms with van der Waals surface area (Å²) < 4.78 is 12.9. The highest BCUT2D eigenvalue weighted by molar-refractivity contribution is 5.89. The van der Waals surface area contributed by atoms with Gasteiger partial charge in [0, 0.05) is 31.9 Å². The molecule has 0 unspecified atom stereocenters. The molecule has 1 aromatic carbocycles. The number of nitrogens with one attached hydrogen (secondary N) is 1. The van der Waals surface area contributed by atoms with Crippen LogP contribution in [0, 0.1) is 17.7 Å². The van der Waals surface area contributed by atoms with E-state index in [0.29, 0.717) is 11.6 Å². The van der Waals surface area contributed by atoms with Gasteiger partial charge in [-0.15, -0.1) is 0 Å². The second-order valence-corrected chi connectivity index (χ2v) is 7.37. The molecule has 1 atom stereocenters. The van der Waals surface area contributed by atoms with Crippen LogP contribution in [0.3, 0.4) is 0 Å². The Morgan fingerprint density at radius 1 is 1.17 bits per heavy atom. The Bertz CT molecular complexity index is 540. The Morgan fingerprint density at radius 3 is 2.54 bits per heavy atom. The van der Waals surface area contributed by atoms with Gasteiger partial charge in [0.1, 0.15) is 5.82 Å². The largest absolute Gasteiger partial charge is 0.325 e. The molecule has 2 fully saturated rings. The van der Waals surface area contributed by atoms with Crippen LogP contribution in [0.25, 0.3) is 0 Å². The number of nitrogens with zero attached hydrogens (tertiary/aromatic N) is 2. The second-order valence-electron chi connectivity index (χ2n) is 7.37. The van der Waals surface area contributed by atoms with E-state index >= 15 is 0 Å². The predicted octanol–water partition coefficient (Wildman–Crippen LogP) is 3.80. The Balaban J connectivity index is 1.42. The van der Waals surface area contributed by atoms with Gasteiger partial charge in [0.2, 0.25) is 0 Å². The number of amides is 2. The molecule has 0 aromatic heterocycles. The fraction of sp³-hybridized carbons (Fsp3) is 0.632. The summed E-state index contributed by atoms with van der Waals surface area (Å²) in [7, 11) is 0. The number of carbonyl (C=O) groups is 1. The molecule has 2 aliphatic heterocycles. The van der Waals surface area contributed by atoms with Crippen molar-refractivity contribution in [3.05, 3.63) is 30.1 Å². The molecular formula is C19H28FN3O. The van der Waals surface area contributed by atoms with Crippen molar-refractivity contribution < 1.29 is 9.18 Å². The summed E-state index contributed by atoms with van der Waals surface area (Å²) in [5.41, 5.74) is 0.644. The van der Waals surface area contributed by atoms with Crippen molar-refractivity contribution in [2.45, 2.75) is 32.6 Å². The minimum Gasteiger partial charge on any atom is -0.325 e. The monoisotopic (exact) mass is 333 g/mol. The van der Waals surface area contributed by atoms with Gasteiger partial charge in [0.25, 0.3) is 0 Å². The summed E-state index contributed by atoms with van der Waals surface area (Å²) in [4.78, 5) is 16.8. The average Bonchev–Trinajstić information content (AvgIpc) is 2.57. The first kappa shape index (κ1) is 17.2. The molecule has 132 valence electrons. The zero-order chi connectivity index (χ0) is 16.9. The van der Waals surface area contributed by atoms with Crippen molar-refractivity contribution >= 4 is 11.7 Å². The standard InChI is InChI=1S/C19H28FN3O/c1-15-3-2-10-22(13-15)14-16-8-11-23(12-9-16)19(24)21-18-6-4-17(20)5-7-18/h4-7,15-16H,2-3,8-14H2,1H3,(H,21,24)/t15-/m0/s1. The maximum absolute atomic E-state index is 12.9. The Morgan fingerprint density at radius 2 is 1.88 bits per heavy atom. The Hall–Kier alpha value is -1.62. The third kappa shape index (κ3) is 4.69. The van der Waals surface area contributed by atoms with Crippen LogP contribution in [0.2, 0.25) is 0 Å². The topological polar surface area (TPSA) is 35.6 Å². The van der Waals surface area contributed by atoms with Crippen molar-refractivity contribution in [1.29, 1.82) is 0 Å². The van der Waals surface area contributed by atoms with Gasteiger partial charge in [-0.05, 0) is 68.3 Å². The first-order chi connectivity index (χ1) is 11.6. The molecule has 4 nitrogen and oxygen atoms in total. The predicted molar refractivity (Wildman–Crippen MR) is 94.6 cm³/mol. The highest BCUT2D eigenvalue weighted by Gasteiger charge is 2.25. The lowest BCUT2D eigenvalue weighted by Gasteiger charge is -2.37. The number of halogens is 1. The van der Waals surface area contributed by atoms with Crippen molar-refractivity contribution in [2.24, 2.45) is 11.8 Å². The Labute approximate surface area is 144 Å². The quantitative estimate of drug-likeness (QED) is 0.913. The van der Waals surface area contributed by atoms with E-state index in [1.807, 2.05) is 4.90 Å². The van der Waals surface area contributed by atoms with Crippen LogP contribution in [0.15, 0.2) is 24.3 Å². The van der Waals surface area contributed by atoms with E-state index in [2.05, 4.69) is 17.1 Å². The molecule has 2 saturated heterocycles. The van der Waals surface area contributed by atoms with Gasteiger partial charge in [-0.1, -0.05) is 6.92 Å². The first-order valence-corrected chi connectivity index (χ1v) is 9.14. The number of urea groups is 1. The van der Waals surface area contributed by atoms with Crippen LogP contribution in [0.1, 0.15) is 32.6 Å². The molecule has 2 aliphatic rings. The maximum Gasteiger partial charge on any atom is 0.321 e. The van der Waals surface area contributed by atoms with Crippen LogP contribution in [-0.4, -0.2) is 48.6 Å². The van der Waals surface area contributed by atoms with Crippen molar-refractivity contribution in [3.8, 4) is 0 Å². The van der Waals surface area contributed by atoms with Crippen molar-refractivity contribution in [3.63, 3.8) is 0 Å². The zero-order valence-electron chi connectivity index (χ0n) is 14.5. The normalized spacial score (nSPS) is 23.2. The van der Waals surface area contributed by atoms with Gasteiger partial charge in [-0.2, -0.15) is 0 Å². The van der Waals surface area contributed by atoms with Crippen LogP contribution < -0.4 is 5.32 Å².